The maximum atomic E-state index is 12.9. The molecule has 0 bridgehead atoms. The van der Waals surface area contributed by atoms with Gasteiger partial charge in [-0.2, -0.15) is 0 Å². The summed E-state index contributed by atoms with van der Waals surface area (Å²) in [6.45, 7) is 0.0522. The second-order valence-electron chi connectivity index (χ2n) is 5.21. The maximum absolute atomic E-state index is 12.9. The Balaban J connectivity index is 1.51. The van der Waals surface area contributed by atoms with Gasteiger partial charge in [-0.05, 0) is 36.4 Å². The Morgan fingerprint density at radius 3 is 2.74 bits per heavy atom. The number of aromatic nitrogens is 4. The summed E-state index contributed by atoms with van der Waals surface area (Å²) >= 11 is 6.86. The summed E-state index contributed by atoms with van der Waals surface area (Å²) in [4.78, 5) is 16.0. The zero-order valence-electron chi connectivity index (χ0n) is 13.8. The van der Waals surface area contributed by atoms with Crippen LogP contribution in [-0.4, -0.2) is 31.5 Å². The fourth-order valence-corrected chi connectivity index (χ4v) is 2.73. The van der Waals surface area contributed by atoms with Crippen molar-refractivity contribution in [2.45, 2.75) is 11.8 Å². The van der Waals surface area contributed by atoms with Crippen LogP contribution in [0.1, 0.15) is 5.82 Å². The van der Waals surface area contributed by atoms with Gasteiger partial charge in [0, 0.05) is 6.20 Å². The van der Waals surface area contributed by atoms with Gasteiger partial charge in [0.1, 0.15) is 24.0 Å². The van der Waals surface area contributed by atoms with Gasteiger partial charge in [-0.1, -0.05) is 23.4 Å². The van der Waals surface area contributed by atoms with Crippen molar-refractivity contribution in [3.05, 3.63) is 59.3 Å². The molecule has 2 heterocycles. The van der Waals surface area contributed by atoms with Crippen LogP contribution < -0.4 is 15.9 Å². The molecule has 0 fully saturated rings. The van der Waals surface area contributed by atoms with Crippen molar-refractivity contribution in [1.82, 2.24) is 19.9 Å². The van der Waals surface area contributed by atoms with E-state index in [4.69, 9.17) is 22.2 Å². The Morgan fingerprint density at radius 2 is 2.04 bits per heavy atom. The molecule has 1 aromatic carbocycles. The van der Waals surface area contributed by atoms with Gasteiger partial charge in [0.15, 0.2) is 5.82 Å². The van der Waals surface area contributed by atoms with Crippen molar-refractivity contribution >= 4 is 35.1 Å². The molecule has 0 aliphatic heterocycles. The van der Waals surface area contributed by atoms with Gasteiger partial charge in [0.05, 0.1) is 10.8 Å². The molecule has 1 amide bonds. The van der Waals surface area contributed by atoms with Crippen molar-refractivity contribution in [1.29, 1.82) is 0 Å². The molecule has 8 nitrogen and oxygen atoms in total. The smallest absolute Gasteiger partial charge is 0.236 e. The van der Waals surface area contributed by atoms with E-state index >= 15 is 0 Å². The molecule has 0 saturated carbocycles. The van der Waals surface area contributed by atoms with E-state index in [0.29, 0.717) is 27.6 Å². The standard InChI is InChI=1S/C16H14ClFN6O2S/c17-10-1-6-13(20-7-10)21-15(25)9-27-16-23-22-14(24(16)19)8-26-12-4-2-11(18)3-5-12/h1-7H,8-9,19H2,(H,20,21,25). The number of anilines is 1. The van der Waals surface area contributed by atoms with Crippen LogP contribution in [0.15, 0.2) is 47.8 Å². The van der Waals surface area contributed by atoms with Crippen LogP contribution in [-0.2, 0) is 11.4 Å². The third kappa shape index (κ3) is 5.31. The Bertz CT molecular complexity index is 920. The van der Waals surface area contributed by atoms with Crippen LogP contribution in [0.2, 0.25) is 5.02 Å². The van der Waals surface area contributed by atoms with E-state index in [1.54, 1.807) is 12.1 Å². The van der Waals surface area contributed by atoms with Crippen LogP contribution in [0.3, 0.4) is 0 Å². The number of ether oxygens (including phenoxy) is 1. The highest BCUT2D eigenvalue weighted by atomic mass is 35.5. The van der Waals surface area contributed by atoms with Crippen LogP contribution >= 0.6 is 23.4 Å². The summed E-state index contributed by atoms with van der Waals surface area (Å²) in [6.07, 6.45) is 1.44. The van der Waals surface area contributed by atoms with Gasteiger partial charge in [0.25, 0.3) is 0 Å². The van der Waals surface area contributed by atoms with E-state index in [1.807, 2.05) is 0 Å². The quantitative estimate of drug-likeness (QED) is 0.456. The van der Waals surface area contributed by atoms with E-state index in [2.05, 4.69) is 20.5 Å². The number of hydrogen-bond donors (Lipinski definition) is 2. The number of thioether (sulfide) groups is 1. The number of benzene rings is 1. The summed E-state index contributed by atoms with van der Waals surface area (Å²) in [7, 11) is 0. The maximum Gasteiger partial charge on any atom is 0.236 e. The fraction of sp³-hybridized carbons (Fsp3) is 0.125. The molecule has 27 heavy (non-hydrogen) atoms. The summed E-state index contributed by atoms with van der Waals surface area (Å²) in [5, 5.41) is 11.3. The molecule has 0 unspecified atom stereocenters. The highest BCUT2D eigenvalue weighted by Crippen LogP contribution is 2.17. The monoisotopic (exact) mass is 408 g/mol. The first-order chi connectivity index (χ1) is 13.0. The van der Waals surface area contributed by atoms with E-state index in [9.17, 15) is 9.18 Å². The number of carbonyl (C=O) groups excluding carboxylic acids is 1. The predicted octanol–water partition coefficient (Wildman–Crippen LogP) is 2.49. The Kier molecular flexibility index (Phi) is 6.09. The summed E-state index contributed by atoms with van der Waals surface area (Å²) in [6, 6.07) is 8.80. The van der Waals surface area contributed by atoms with Crippen LogP contribution in [0.5, 0.6) is 5.75 Å². The summed E-state index contributed by atoms with van der Waals surface area (Å²) < 4.78 is 19.6. The molecule has 0 spiro atoms. The highest BCUT2D eigenvalue weighted by molar-refractivity contribution is 7.99. The summed E-state index contributed by atoms with van der Waals surface area (Å²) in [5.74, 6) is 6.59. The lowest BCUT2D eigenvalue weighted by atomic mass is 10.3. The first-order valence-corrected chi connectivity index (χ1v) is 8.99. The molecule has 3 N–H and O–H groups in total. The van der Waals surface area contributed by atoms with E-state index in [1.165, 1.54) is 35.1 Å². The van der Waals surface area contributed by atoms with Crippen molar-refractivity contribution in [2.75, 3.05) is 16.9 Å². The average molecular weight is 409 g/mol. The topological polar surface area (TPSA) is 108 Å². The molecule has 140 valence electrons. The number of nitrogens with two attached hydrogens (primary N) is 1. The minimum absolute atomic E-state index is 0.0522. The van der Waals surface area contributed by atoms with E-state index in [0.717, 1.165) is 11.8 Å². The number of carbonyl (C=O) groups is 1. The molecule has 2 aromatic heterocycles. The molecule has 0 radical (unpaired) electrons. The zero-order valence-corrected chi connectivity index (χ0v) is 15.4. The van der Waals surface area contributed by atoms with Crippen LogP contribution in [0.4, 0.5) is 10.2 Å². The van der Waals surface area contributed by atoms with E-state index in [-0.39, 0.29) is 24.1 Å². The Morgan fingerprint density at radius 1 is 1.26 bits per heavy atom. The average Bonchev–Trinajstić information content (AvgIpc) is 3.01. The molecule has 0 saturated heterocycles. The first-order valence-electron chi connectivity index (χ1n) is 7.63. The van der Waals surface area contributed by atoms with Crippen LogP contribution in [0.25, 0.3) is 0 Å². The fourth-order valence-electron chi connectivity index (χ4n) is 1.94. The number of halogens is 2. The van der Waals surface area contributed by atoms with E-state index < -0.39 is 0 Å². The number of rotatable bonds is 7. The molecular weight excluding hydrogens is 395 g/mol. The number of nitrogens with one attached hydrogen (secondary N) is 1. The number of amides is 1. The number of nitrogen functional groups attached to an aromatic ring is 1. The number of hydrogen-bond acceptors (Lipinski definition) is 7. The lowest BCUT2D eigenvalue weighted by molar-refractivity contribution is -0.113. The third-order valence-corrected chi connectivity index (χ3v) is 4.41. The lowest BCUT2D eigenvalue weighted by Gasteiger charge is -2.06. The molecule has 3 aromatic rings. The number of pyridine rings is 1. The Labute approximate surface area is 162 Å². The SMILES string of the molecule is Nn1c(COc2ccc(F)cc2)nnc1SCC(=O)Nc1ccc(Cl)cn1. The van der Waals surface area contributed by atoms with Gasteiger partial charge >= 0.3 is 0 Å². The van der Waals surface area contributed by atoms with Gasteiger partial charge in [-0.3, -0.25) is 4.79 Å². The first kappa shape index (κ1) is 18.9. The second kappa shape index (κ2) is 8.69. The molecule has 11 heteroatoms. The summed E-state index contributed by atoms with van der Waals surface area (Å²) in [5.41, 5.74) is 0. The Hall–Kier alpha value is -2.85. The highest BCUT2D eigenvalue weighted by Gasteiger charge is 2.13. The van der Waals surface area contributed by atoms with Gasteiger partial charge in [0.2, 0.25) is 11.1 Å². The molecule has 0 aliphatic carbocycles. The van der Waals surface area contributed by atoms with Crippen molar-refractivity contribution in [3.8, 4) is 5.75 Å². The third-order valence-electron chi connectivity index (χ3n) is 3.24. The minimum Gasteiger partial charge on any atom is -0.486 e. The van der Waals surface area contributed by atoms with Gasteiger partial charge < -0.3 is 15.9 Å². The van der Waals surface area contributed by atoms with Gasteiger partial charge in [-0.25, -0.2) is 14.1 Å². The van der Waals surface area contributed by atoms with Crippen molar-refractivity contribution in [3.63, 3.8) is 0 Å². The molecule has 0 atom stereocenters. The molecule has 0 aliphatic rings. The van der Waals surface area contributed by atoms with Gasteiger partial charge in [-0.15, -0.1) is 10.2 Å². The van der Waals surface area contributed by atoms with Crippen molar-refractivity contribution in [2.24, 2.45) is 0 Å². The minimum atomic E-state index is -0.352. The largest absolute Gasteiger partial charge is 0.486 e. The second-order valence-corrected chi connectivity index (χ2v) is 6.59. The molecular formula is C16H14ClFN6O2S. The zero-order chi connectivity index (χ0) is 19.2. The number of nitrogens with zero attached hydrogens (tertiary/aromatic N) is 4. The van der Waals surface area contributed by atoms with Crippen molar-refractivity contribution < 1.29 is 13.9 Å². The predicted molar refractivity (Wildman–Crippen MR) is 99.5 cm³/mol. The lowest BCUT2D eigenvalue weighted by Crippen LogP contribution is -2.18. The van der Waals surface area contributed by atoms with Crippen LogP contribution in [0, 0.1) is 5.82 Å². The molecule has 3 rings (SSSR count). The normalized spacial score (nSPS) is 10.6.